The Balaban J connectivity index is 2.66. The van der Waals surface area contributed by atoms with Crippen LogP contribution in [0.2, 0.25) is 0 Å². The molecule has 0 unspecified atom stereocenters. The van der Waals surface area contributed by atoms with Crippen molar-refractivity contribution in [1.82, 2.24) is 0 Å². The molecule has 0 aliphatic rings. The molecule has 14 heavy (non-hydrogen) atoms. The lowest BCUT2D eigenvalue weighted by Gasteiger charge is -2.14. The quantitative estimate of drug-likeness (QED) is 0.672. The largest absolute Gasteiger partial charge is 0.148 e. The maximum Gasteiger partial charge on any atom is 0.0542 e. The molecular formula is C12H18S2. The van der Waals surface area contributed by atoms with Crippen LogP contribution < -0.4 is 0 Å². The normalized spacial score (nSPS) is 12.6. The highest BCUT2D eigenvalue weighted by atomic mass is 32.2. The second-order valence-corrected chi connectivity index (χ2v) is 5.88. The molecule has 1 rings (SSSR count). The Kier molecular flexibility index (Phi) is 5.40. The van der Waals surface area contributed by atoms with Crippen LogP contribution in [0.15, 0.2) is 30.3 Å². The summed E-state index contributed by atoms with van der Waals surface area (Å²) in [6, 6.07) is 10.3. The van der Waals surface area contributed by atoms with Crippen LogP contribution in [0, 0.1) is 0 Å². The van der Waals surface area contributed by atoms with Crippen LogP contribution in [0.4, 0.5) is 0 Å². The third-order valence-corrected chi connectivity index (χ3v) is 4.02. The van der Waals surface area contributed by atoms with E-state index in [2.05, 4.69) is 26.0 Å². The van der Waals surface area contributed by atoms with Gasteiger partial charge in [-0.2, -0.15) is 0 Å². The van der Waals surface area contributed by atoms with Gasteiger partial charge in [-0.1, -0.05) is 44.2 Å². The predicted octanol–water partition coefficient (Wildman–Crippen LogP) is 4.06. The highest BCUT2D eigenvalue weighted by molar-refractivity contribution is 8.16. The second kappa shape index (κ2) is 7.24. The molecule has 0 atom stereocenters. The molecule has 0 amide bonds. The number of hydrogen-bond acceptors (Lipinski definition) is 2. The first kappa shape index (κ1) is 10.4. The Labute approximate surface area is 97.3 Å². The zero-order valence-electron chi connectivity index (χ0n) is 9.82. The lowest BCUT2D eigenvalue weighted by Crippen LogP contribution is -2.03. The molecular weight excluding hydrogens is 208 g/mol. The molecule has 0 aromatic heterocycles. The third-order valence-electron chi connectivity index (χ3n) is 1.80. The average Bonchev–Trinajstić information content (AvgIpc) is 2.19. The molecule has 1 aromatic carbocycles. The Bertz CT molecular complexity index is 268. The van der Waals surface area contributed by atoms with Crippen molar-refractivity contribution < 1.29 is 1.37 Å². The predicted molar refractivity (Wildman–Crippen MR) is 70.2 cm³/mol. The zero-order valence-corrected chi connectivity index (χ0v) is 10.5. The van der Waals surface area contributed by atoms with E-state index in [1.54, 1.807) is 23.5 Å². The van der Waals surface area contributed by atoms with Crippen LogP contribution in [0.1, 0.15) is 20.8 Å². The molecule has 0 fully saturated rings. The van der Waals surface area contributed by atoms with Gasteiger partial charge in [-0.3, -0.25) is 0 Å². The van der Waals surface area contributed by atoms with Crippen molar-refractivity contribution in [3.05, 3.63) is 35.9 Å². The highest BCUT2D eigenvalue weighted by Crippen LogP contribution is 2.26. The number of benzene rings is 1. The summed E-state index contributed by atoms with van der Waals surface area (Å²) in [4.78, 5) is 0. The molecule has 0 heterocycles. The van der Waals surface area contributed by atoms with Crippen LogP contribution in [0.25, 0.3) is 0 Å². The van der Waals surface area contributed by atoms with E-state index in [1.165, 1.54) is 5.56 Å². The van der Waals surface area contributed by atoms with Gasteiger partial charge in [0.25, 0.3) is 0 Å². The minimum absolute atomic E-state index is 0.412. The molecule has 78 valence electrons. The monoisotopic (exact) mass is 227 g/mol. The van der Waals surface area contributed by atoms with Crippen LogP contribution in [0.3, 0.4) is 0 Å². The van der Waals surface area contributed by atoms with Crippen molar-refractivity contribution in [2.45, 2.75) is 24.8 Å². The summed E-state index contributed by atoms with van der Waals surface area (Å²) >= 11 is 3.46. The fraction of sp³-hybridized carbons (Fsp3) is 0.500. The Morgan fingerprint density at radius 2 is 1.71 bits per heavy atom. The fourth-order valence-corrected chi connectivity index (χ4v) is 3.45. The van der Waals surface area contributed by atoms with Gasteiger partial charge in [-0.25, -0.2) is 0 Å². The van der Waals surface area contributed by atoms with Gasteiger partial charge in [0.2, 0.25) is 0 Å². The minimum Gasteiger partial charge on any atom is -0.148 e. The lowest BCUT2D eigenvalue weighted by molar-refractivity contribution is 1.10. The molecule has 0 bridgehead atoms. The van der Waals surface area contributed by atoms with Crippen molar-refractivity contribution in [2.24, 2.45) is 0 Å². The van der Waals surface area contributed by atoms with Gasteiger partial charge in [-0.05, 0) is 23.5 Å². The van der Waals surface area contributed by atoms with Gasteiger partial charge >= 0.3 is 0 Å². The smallest absolute Gasteiger partial charge is 0.0542 e. The third kappa shape index (κ3) is 4.43. The molecule has 1 aromatic rings. The Morgan fingerprint density at radius 3 is 2.21 bits per heavy atom. The summed E-state index contributed by atoms with van der Waals surface area (Å²) < 4.78 is 7.97. The maximum absolute atomic E-state index is 8.38. The first-order valence-electron chi connectivity index (χ1n) is 5.52. The number of rotatable bonds is 6. The summed E-state index contributed by atoms with van der Waals surface area (Å²) in [7, 11) is 0. The van der Waals surface area contributed by atoms with E-state index in [1.807, 2.05) is 18.2 Å². The molecule has 2 heteroatoms. The van der Waals surface area contributed by atoms with Crippen LogP contribution in [0.5, 0.6) is 0 Å². The van der Waals surface area contributed by atoms with E-state index < -0.39 is 4.56 Å². The van der Waals surface area contributed by atoms with E-state index in [9.17, 15) is 0 Å². The van der Waals surface area contributed by atoms with E-state index >= 15 is 0 Å². The lowest BCUT2D eigenvalue weighted by atomic mass is 10.2. The van der Waals surface area contributed by atoms with E-state index in [-0.39, 0.29) is 0 Å². The summed E-state index contributed by atoms with van der Waals surface area (Å²) in [6.07, 6.45) is 0.824. The van der Waals surface area contributed by atoms with Gasteiger partial charge in [0.05, 0.1) is 5.93 Å². The molecule has 0 spiro atoms. The molecule has 0 aliphatic carbocycles. The van der Waals surface area contributed by atoms with Crippen molar-refractivity contribution in [2.75, 3.05) is 11.5 Å². The standard InChI is InChI=1S/C12H18S2/c1-3-13-12(14-4-2)10-11-8-6-5-7-9-11/h5-9,12H,3-4,10H2,1-2H3/i12D. The van der Waals surface area contributed by atoms with Crippen molar-refractivity contribution in [3.8, 4) is 0 Å². The number of thioether (sulfide) groups is 2. The van der Waals surface area contributed by atoms with Gasteiger partial charge in [0.1, 0.15) is 0 Å². The van der Waals surface area contributed by atoms with Crippen LogP contribution in [-0.2, 0) is 6.42 Å². The molecule has 0 saturated heterocycles. The van der Waals surface area contributed by atoms with Crippen LogP contribution >= 0.6 is 23.5 Å². The second-order valence-electron chi connectivity index (χ2n) is 2.90. The number of hydrogen-bond donors (Lipinski definition) is 0. The summed E-state index contributed by atoms with van der Waals surface area (Å²) in [5.41, 5.74) is 1.26. The molecule has 0 saturated carbocycles. The van der Waals surface area contributed by atoms with E-state index in [0.717, 1.165) is 17.9 Å². The highest BCUT2D eigenvalue weighted by Gasteiger charge is 2.07. The SMILES string of the molecule is [2H]C(Cc1ccccc1)(SCC)SCC. The van der Waals surface area contributed by atoms with Gasteiger partial charge < -0.3 is 0 Å². The molecule has 0 N–H and O–H groups in total. The van der Waals surface area contributed by atoms with Gasteiger partial charge in [0.15, 0.2) is 0 Å². The zero-order chi connectivity index (χ0) is 11.1. The fourth-order valence-electron chi connectivity index (χ4n) is 1.23. The van der Waals surface area contributed by atoms with Gasteiger partial charge in [0, 0.05) is 0 Å². The van der Waals surface area contributed by atoms with Gasteiger partial charge in [-0.15, -0.1) is 23.5 Å². The minimum atomic E-state index is -0.412. The maximum atomic E-state index is 8.38. The first-order chi connectivity index (χ1) is 7.20. The average molecular weight is 227 g/mol. The summed E-state index contributed by atoms with van der Waals surface area (Å²) in [6.45, 7) is 4.24. The van der Waals surface area contributed by atoms with Crippen molar-refractivity contribution in [1.29, 1.82) is 0 Å². The first-order valence-corrected chi connectivity index (χ1v) is 6.99. The molecule has 0 radical (unpaired) electrons. The van der Waals surface area contributed by atoms with E-state index in [4.69, 9.17) is 1.37 Å². The Morgan fingerprint density at radius 1 is 1.14 bits per heavy atom. The molecule has 0 nitrogen and oxygen atoms in total. The summed E-state index contributed by atoms with van der Waals surface area (Å²) in [5, 5.41) is 0. The van der Waals surface area contributed by atoms with Crippen molar-refractivity contribution in [3.63, 3.8) is 0 Å². The van der Waals surface area contributed by atoms with E-state index in [0.29, 0.717) is 0 Å². The summed E-state index contributed by atoms with van der Waals surface area (Å²) in [5.74, 6) is 2.01. The Hall–Kier alpha value is -0.0800. The van der Waals surface area contributed by atoms with Crippen LogP contribution in [-0.4, -0.2) is 16.1 Å². The topological polar surface area (TPSA) is 0 Å². The van der Waals surface area contributed by atoms with Crippen molar-refractivity contribution >= 4 is 23.5 Å². The molecule has 0 aliphatic heterocycles.